The van der Waals surface area contributed by atoms with Crippen LogP contribution in [0.5, 0.6) is 0 Å². The molecule has 1 fully saturated rings. The standard InChI is InChI=1S/C12H21N3.C3H8.H2/c1-4-12(14-3)9-15-7-5-11(6-8-15)10(2)13;1-3-2;/h4,11H,2-3,5-9,13H2,1H3;3H2,1-2H3;1H/b12-4-;;. The Kier molecular flexibility index (Phi) is 9.29. The van der Waals surface area contributed by atoms with Crippen molar-refractivity contribution in [1.29, 1.82) is 0 Å². The van der Waals surface area contributed by atoms with E-state index in [1.54, 1.807) is 0 Å². The summed E-state index contributed by atoms with van der Waals surface area (Å²) in [7, 11) is 0. The van der Waals surface area contributed by atoms with Crippen LogP contribution in [0.15, 0.2) is 29.0 Å². The first kappa shape index (κ1) is 16.9. The zero-order valence-electron chi connectivity index (χ0n) is 12.3. The maximum atomic E-state index is 5.71. The number of hydrogen-bond donors (Lipinski definition) is 1. The lowest BCUT2D eigenvalue weighted by molar-refractivity contribution is 0.212. The van der Waals surface area contributed by atoms with Gasteiger partial charge in [0.1, 0.15) is 0 Å². The molecule has 1 aliphatic heterocycles. The van der Waals surface area contributed by atoms with Gasteiger partial charge in [-0.1, -0.05) is 32.9 Å². The third kappa shape index (κ3) is 6.60. The van der Waals surface area contributed by atoms with Crippen molar-refractivity contribution in [3.63, 3.8) is 0 Å². The first-order chi connectivity index (χ1) is 8.58. The van der Waals surface area contributed by atoms with E-state index in [1.807, 2.05) is 13.0 Å². The molecule has 1 rings (SSSR count). The van der Waals surface area contributed by atoms with Gasteiger partial charge >= 0.3 is 0 Å². The summed E-state index contributed by atoms with van der Waals surface area (Å²) < 4.78 is 0. The fourth-order valence-electron chi connectivity index (χ4n) is 1.92. The lowest BCUT2D eigenvalue weighted by atomic mass is 9.94. The minimum absolute atomic E-state index is 0. The number of nitrogens with zero attached hydrogens (tertiary/aromatic N) is 2. The molecule has 18 heavy (non-hydrogen) atoms. The smallest absolute Gasteiger partial charge is 0.0494 e. The molecule has 0 aromatic heterocycles. The van der Waals surface area contributed by atoms with Gasteiger partial charge in [-0.05, 0) is 39.6 Å². The van der Waals surface area contributed by atoms with E-state index in [0.29, 0.717) is 5.92 Å². The topological polar surface area (TPSA) is 41.6 Å². The molecule has 0 spiro atoms. The van der Waals surface area contributed by atoms with Crippen molar-refractivity contribution in [3.05, 3.63) is 24.0 Å². The highest BCUT2D eigenvalue weighted by Crippen LogP contribution is 2.21. The van der Waals surface area contributed by atoms with Crippen LogP contribution in [0.4, 0.5) is 0 Å². The van der Waals surface area contributed by atoms with E-state index in [2.05, 4.69) is 37.0 Å². The molecular formula is C15H31N3. The molecule has 1 aliphatic rings. The molecule has 0 unspecified atom stereocenters. The fourth-order valence-corrected chi connectivity index (χ4v) is 1.92. The molecular weight excluding hydrogens is 222 g/mol. The van der Waals surface area contributed by atoms with Gasteiger partial charge in [-0.25, -0.2) is 0 Å². The molecule has 0 amide bonds. The zero-order valence-corrected chi connectivity index (χ0v) is 12.3. The summed E-state index contributed by atoms with van der Waals surface area (Å²) in [5.74, 6) is 0.506. The average molecular weight is 253 g/mol. The van der Waals surface area contributed by atoms with Crippen molar-refractivity contribution in [1.82, 2.24) is 4.90 Å². The van der Waals surface area contributed by atoms with Crippen LogP contribution >= 0.6 is 0 Å². The summed E-state index contributed by atoms with van der Waals surface area (Å²) >= 11 is 0. The summed E-state index contributed by atoms with van der Waals surface area (Å²) in [5.41, 5.74) is 7.60. The molecule has 2 N–H and O–H groups in total. The predicted octanol–water partition coefficient (Wildman–Crippen LogP) is 3.44. The van der Waals surface area contributed by atoms with Crippen LogP contribution in [0, 0.1) is 5.92 Å². The van der Waals surface area contributed by atoms with E-state index < -0.39 is 0 Å². The first-order valence-corrected chi connectivity index (χ1v) is 6.87. The molecule has 3 nitrogen and oxygen atoms in total. The van der Waals surface area contributed by atoms with Crippen molar-refractivity contribution in [2.75, 3.05) is 19.6 Å². The van der Waals surface area contributed by atoms with Gasteiger partial charge in [0.25, 0.3) is 0 Å². The van der Waals surface area contributed by atoms with Crippen LogP contribution < -0.4 is 5.73 Å². The zero-order chi connectivity index (χ0) is 14.0. The number of hydrogen-bond acceptors (Lipinski definition) is 3. The van der Waals surface area contributed by atoms with Gasteiger partial charge in [-0.2, -0.15) is 0 Å². The van der Waals surface area contributed by atoms with E-state index in [1.165, 1.54) is 6.42 Å². The molecule has 0 aromatic rings. The van der Waals surface area contributed by atoms with Crippen molar-refractivity contribution in [2.45, 2.75) is 40.0 Å². The molecule has 106 valence electrons. The molecule has 0 aromatic carbocycles. The first-order valence-electron chi connectivity index (χ1n) is 6.87. The van der Waals surface area contributed by atoms with Gasteiger partial charge in [0.15, 0.2) is 0 Å². The Morgan fingerprint density at radius 3 is 2.28 bits per heavy atom. The van der Waals surface area contributed by atoms with Gasteiger partial charge in [-0.15, -0.1) is 0 Å². The van der Waals surface area contributed by atoms with E-state index in [4.69, 9.17) is 5.73 Å². The van der Waals surface area contributed by atoms with Crippen LogP contribution in [0.3, 0.4) is 0 Å². The van der Waals surface area contributed by atoms with Crippen molar-refractivity contribution >= 4 is 6.72 Å². The number of aliphatic imine (C=N–C) groups is 1. The summed E-state index contributed by atoms with van der Waals surface area (Å²) in [4.78, 5) is 6.37. The normalized spacial score (nSPS) is 17.8. The Bertz CT molecular complexity index is 279. The van der Waals surface area contributed by atoms with Gasteiger partial charge in [0.2, 0.25) is 0 Å². The van der Waals surface area contributed by atoms with Crippen LogP contribution in [-0.2, 0) is 0 Å². The van der Waals surface area contributed by atoms with Crippen LogP contribution in [0.2, 0.25) is 0 Å². The van der Waals surface area contributed by atoms with Gasteiger partial charge < -0.3 is 5.73 Å². The molecule has 3 heteroatoms. The minimum Gasteiger partial charge on any atom is -0.402 e. The van der Waals surface area contributed by atoms with Crippen molar-refractivity contribution < 1.29 is 1.43 Å². The van der Waals surface area contributed by atoms with E-state index in [-0.39, 0.29) is 1.43 Å². The molecule has 0 atom stereocenters. The fraction of sp³-hybridized carbons (Fsp3) is 0.667. The summed E-state index contributed by atoms with van der Waals surface area (Å²) in [6.45, 7) is 16.7. The lowest BCUT2D eigenvalue weighted by Crippen LogP contribution is -2.36. The summed E-state index contributed by atoms with van der Waals surface area (Å²) in [6, 6.07) is 0. The SMILES string of the molecule is C=N/C(=C\C)CN1CCC(C(=C)N)CC1.CCC.[HH]. The maximum absolute atomic E-state index is 5.71. The molecule has 0 radical (unpaired) electrons. The van der Waals surface area contributed by atoms with Gasteiger partial charge in [0.05, 0.1) is 0 Å². The maximum Gasteiger partial charge on any atom is 0.0494 e. The molecule has 0 bridgehead atoms. The van der Waals surface area contributed by atoms with Crippen molar-refractivity contribution in [3.8, 4) is 0 Å². The molecule has 0 saturated carbocycles. The highest BCUT2D eigenvalue weighted by atomic mass is 15.1. The highest BCUT2D eigenvalue weighted by Gasteiger charge is 2.20. The van der Waals surface area contributed by atoms with Gasteiger partial charge in [-0.3, -0.25) is 9.89 Å². The van der Waals surface area contributed by atoms with E-state index >= 15 is 0 Å². The van der Waals surface area contributed by atoms with E-state index in [9.17, 15) is 0 Å². The van der Waals surface area contributed by atoms with Crippen LogP contribution in [0.25, 0.3) is 0 Å². The average Bonchev–Trinajstić information content (AvgIpc) is 2.37. The van der Waals surface area contributed by atoms with Crippen molar-refractivity contribution in [2.24, 2.45) is 16.6 Å². The third-order valence-electron chi connectivity index (χ3n) is 3.03. The Morgan fingerprint density at radius 2 is 1.94 bits per heavy atom. The minimum atomic E-state index is 0. The largest absolute Gasteiger partial charge is 0.402 e. The number of nitrogens with two attached hydrogens (primary N) is 1. The Hall–Kier alpha value is -1.09. The number of rotatable bonds is 4. The molecule has 1 heterocycles. The molecule has 0 aliphatic carbocycles. The highest BCUT2D eigenvalue weighted by molar-refractivity contribution is 5.29. The summed E-state index contributed by atoms with van der Waals surface area (Å²) in [5, 5.41) is 0. The Morgan fingerprint density at radius 1 is 1.44 bits per heavy atom. The predicted molar refractivity (Wildman–Crippen MR) is 83.9 cm³/mol. The van der Waals surface area contributed by atoms with E-state index in [0.717, 1.165) is 43.9 Å². The number of piperidine rings is 1. The lowest BCUT2D eigenvalue weighted by Gasteiger charge is -2.31. The Balaban J connectivity index is 0. The number of likely N-dealkylation sites (tertiary alicyclic amines) is 1. The molecule has 1 saturated heterocycles. The van der Waals surface area contributed by atoms with Crippen LogP contribution in [0.1, 0.15) is 41.5 Å². The van der Waals surface area contributed by atoms with Crippen LogP contribution in [-0.4, -0.2) is 31.3 Å². The second kappa shape index (κ2) is 9.89. The quantitative estimate of drug-likeness (QED) is 0.780. The number of allylic oxidation sites excluding steroid dienone is 2. The monoisotopic (exact) mass is 253 g/mol. The third-order valence-corrected chi connectivity index (χ3v) is 3.03. The van der Waals surface area contributed by atoms with Gasteiger partial charge in [0, 0.05) is 25.3 Å². The second-order valence-electron chi connectivity index (χ2n) is 4.77. The Labute approximate surface area is 114 Å². The summed E-state index contributed by atoms with van der Waals surface area (Å²) in [6.07, 6.45) is 5.49. The second-order valence-corrected chi connectivity index (χ2v) is 4.77.